The smallest absolute Gasteiger partial charge is 0.119 e. The lowest BCUT2D eigenvalue weighted by atomic mass is 9.93. The molecule has 0 radical (unpaired) electrons. The molecule has 1 fully saturated rings. The molecule has 0 amide bonds. The van der Waals surface area contributed by atoms with Crippen molar-refractivity contribution in [3.63, 3.8) is 0 Å². The average Bonchev–Trinajstić information content (AvgIpc) is 3.05. The van der Waals surface area contributed by atoms with Gasteiger partial charge in [0.1, 0.15) is 12.4 Å². The summed E-state index contributed by atoms with van der Waals surface area (Å²) in [4.78, 5) is 4.88. The number of aliphatic hydroxyl groups is 1. The van der Waals surface area contributed by atoms with Crippen molar-refractivity contribution in [1.29, 1.82) is 0 Å². The van der Waals surface area contributed by atoms with Crippen LogP contribution in [0.1, 0.15) is 22.6 Å². The third-order valence-electron chi connectivity index (χ3n) is 5.20. The number of aryl methyl sites for hydroxylation is 1. The molecule has 0 saturated carbocycles. The van der Waals surface area contributed by atoms with E-state index in [4.69, 9.17) is 9.84 Å². The van der Waals surface area contributed by atoms with Crippen LogP contribution in [0.4, 0.5) is 0 Å². The van der Waals surface area contributed by atoms with Crippen LogP contribution < -0.4 is 4.74 Å². The van der Waals surface area contributed by atoms with E-state index in [1.165, 1.54) is 16.7 Å². The molecule has 140 valence electrons. The third kappa shape index (κ3) is 4.64. The first-order valence-electron chi connectivity index (χ1n) is 9.35. The number of likely N-dealkylation sites (tertiary alicyclic amines) is 1. The first-order valence-corrected chi connectivity index (χ1v) is 9.35. The number of rotatable bonds is 7. The van der Waals surface area contributed by atoms with Crippen molar-refractivity contribution >= 4 is 0 Å². The van der Waals surface area contributed by atoms with Gasteiger partial charge in [0.15, 0.2) is 0 Å². The summed E-state index contributed by atoms with van der Waals surface area (Å²) < 4.78 is 5.54. The van der Waals surface area contributed by atoms with Gasteiger partial charge in [0.25, 0.3) is 0 Å². The summed E-state index contributed by atoms with van der Waals surface area (Å²) in [5, 5.41) is 8.92. The van der Waals surface area contributed by atoms with Crippen molar-refractivity contribution in [2.75, 3.05) is 40.4 Å². The van der Waals surface area contributed by atoms with Gasteiger partial charge in [-0.05, 0) is 44.3 Å². The van der Waals surface area contributed by atoms with Crippen molar-refractivity contribution < 1.29 is 9.84 Å². The Morgan fingerprint density at radius 3 is 2.58 bits per heavy atom. The molecule has 4 nitrogen and oxygen atoms in total. The van der Waals surface area contributed by atoms with Crippen molar-refractivity contribution in [2.45, 2.75) is 25.4 Å². The number of hydrogen-bond donors (Lipinski definition) is 1. The zero-order chi connectivity index (χ0) is 18.5. The molecule has 1 heterocycles. The van der Waals surface area contributed by atoms with Gasteiger partial charge >= 0.3 is 0 Å². The van der Waals surface area contributed by atoms with Crippen LogP contribution >= 0.6 is 0 Å². The number of benzene rings is 2. The monoisotopic (exact) mass is 354 g/mol. The summed E-state index contributed by atoms with van der Waals surface area (Å²) in [6.45, 7) is 5.56. The topological polar surface area (TPSA) is 35.9 Å². The number of ether oxygens (including phenoxy) is 1. The van der Waals surface area contributed by atoms with E-state index in [2.05, 4.69) is 67.2 Å². The lowest BCUT2D eigenvalue weighted by Crippen LogP contribution is -2.34. The van der Waals surface area contributed by atoms with Gasteiger partial charge in [0.2, 0.25) is 0 Å². The van der Waals surface area contributed by atoms with E-state index in [1.807, 2.05) is 12.1 Å². The molecule has 0 bridgehead atoms. The summed E-state index contributed by atoms with van der Waals surface area (Å²) in [6.07, 6.45) is 0. The van der Waals surface area contributed by atoms with E-state index in [0.29, 0.717) is 18.6 Å². The molecule has 2 aromatic rings. The fourth-order valence-electron chi connectivity index (χ4n) is 3.81. The summed E-state index contributed by atoms with van der Waals surface area (Å²) >= 11 is 0. The Hall–Kier alpha value is -1.88. The maximum Gasteiger partial charge on any atom is 0.119 e. The summed E-state index contributed by atoms with van der Waals surface area (Å²) in [5.41, 5.74) is 3.99. The van der Waals surface area contributed by atoms with Gasteiger partial charge in [0, 0.05) is 31.6 Å². The first-order chi connectivity index (χ1) is 12.6. The van der Waals surface area contributed by atoms with Crippen LogP contribution in [0.15, 0.2) is 48.5 Å². The van der Waals surface area contributed by atoms with Crippen LogP contribution in [0.3, 0.4) is 0 Å². The van der Waals surface area contributed by atoms with Crippen molar-refractivity contribution in [3.8, 4) is 5.75 Å². The molecule has 0 spiro atoms. The summed E-state index contributed by atoms with van der Waals surface area (Å²) in [5.74, 6) is 1.36. The number of nitrogens with zero attached hydrogens (tertiary/aromatic N) is 2. The highest BCUT2D eigenvalue weighted by atomic mass is 16.5. The standard InChI is InChI=1S/C22H30N2O2/c1-17-7-9-19(10-8-17)21-15-24(16-22(21)23(2)3)14-18-5-4-6-20(13-18)26-12-11-25/h4-10,13,21-22,25H,11-12,14-16H2,1-3H3/t21-,22+/m1/s1. The Kier molecular flexibility index (Phi) is 6.30. The maximum absolute atomic E-state index is 8.92. The quantitative estimate of drug-likeness (QED) is 0.829. The number of hydrogen-bond acceptors (Lipinski definition) is 4. The van der Waals surface area contributed by atoms with Crippen LogP contribution in [0, 0.1) is 6.92 Å². The van der Waals surface area contributed by atoms with E-state index in [0.717, 1.165) is 25.4 Å². The van der Waals surface area contributed by atoms with Gasteiger partial charge in [-0.15, -0.1) is 0 Å². The minimum Gasteiger partial charge on any atom is -0.491 e. The normalized spacial score (nSPS) is 20.7. The van der Waals surface area contributed by atoms with Crippen LogP contribution in [0.2, 0.25) is 0 Å². The van der Waals surface area contributed by atoms with E-state index in [1.54, 1.807) is 0 Å². The van der Waals surface area contributed by atoms with E-state index >= 15 is 0 Å². The van der Waals surface area contributed by atoms with E-state index in [9.17, 15) is 0 Å². The first kappa shape index (κ1) is 18.9. The molecule has 2 aromatic carbocycles. The largest absolute Gasteiger partial charge is 0.491 e. The highest BCUT2D eigenvalue weighted by molar-refractivity contribution is 5.30. The molecule has 1 N–H and O–H groups in total. The minimum atomic E-state index is 0.0408. The van der Waals surface area contributed by atoms with Gasteiger partial charge in [-0.3, -0.25) is 4.90 Å². The zero-order valence-electron chi connectivity index (χ0n) is 16.1. The highest BCUT2D eigenvalue weighted by Gasteiger charge is 2.34. The Balaban J connectivity index is 1.70. The van der Waals surface area contributed by atoms with Crippen molar-refractivity contribution in [2.24, 2.45) is 0 Å². The fraction of sp³-hybridized carbons (Fsp3) is 0.455. The van der Waals surface area contributed by atoms with Crippen LogP contribution in [0.5, 0.6) is 5.75 Å². The molecule has 1 aliphatic rings. The van der Waals surface area contributed by atoms with E-state index < -0.39 is 0 Å². The Labute approximate surface area is 157 Å². The SMILES string of the molecule is Cc1ccc([C@H]2CN(Cc3cccc(OCCO)c3)C[C@@H]2N(C)C)cc1. The second-order valence-electron chi connectivity index (χ2n) is 7.46. The molecule has 26 heavy (non-hydrogen) atoms. The average molecular weight is 354 g/mol. The molecule has 1 aliphatic heterocycles. The minimum absolute atomic E-state index is 0.0408. The van der Waals surface area contributed by atoms with Crippen LogP contribution in [-0.2, 0) is 6.54 Å². The second kappa shape index (κ2) is 8.67. The van der Waals surface area contributed by atoms with Gasteiger partial charge in [-0.2, -0.15) is 0 Å². The van der Waals surface area contributed by atoms with Gasteiger partial charge in [-0.25, -0.2) is 0 Å². The Bertz CT molecular complexity index is 700. The second-order valence-corrected chi connectivity index (χ2v) is 7.46. The van der Waals surface area contributed by atoms with Crippen LogP contribution in [0.25, 0.3) is 0 Å². The fourth-order valence-corrected chi connectivity index (χ4v) is 3.81. The summed E-state index contributed by atoms with van der Waals surface area (Å²) in [6, 6.07) is 17.7. The van der Waals surface area contributed by atoms with Crippen LogP contribution in [-0.4, -0.2) is 61.3 Å². The van der Waals surface area contributed by atoms with Gasteiger partial charge in [-0.1, -0.05) is 42.0 Å². The Morgan fingerprint density at radius 1 is 1.12 bits per heavy atom. The van der Waals surface area contributed by atoms with Gasteiger partial charge < -0.3 is 14.7 Å². The van der Waals surface area contributed by atoms with Crippen molar-refractivity contribution in [1.82, 2.24) is 9.80 Å². The van der Waals surface area contributed by atoms with Gasteiger partial charge in [0.05, 0.1) is 6.61 Å². The Morgan fingerprint density at radius 2 is 1.88 bits per heavy atom. The molecule has 0 aromatic heterocycles. The zero-order valence-corrected chi connectivity index (χ0v) is 16.1. The summed E-state index contributed by atoms with van der Waals surface area (Å²) in [7, 11) is 4.36. The predicted octanol–water partition coefficient (Wildman–Crippen LogP) is 2.90. The molecule has 0 unspecified atom stereocenters. The lowest BCUT2D eigenvalue weighted by molar-refractivity contribution is 0.201. The molecule has 3 rings (SSSR count). The molecule has 4 heteroatoms. The molecular weight excluding hydrogens is 324 g/mol. The molecule has 1 saturated heterocycles. The molecule has 0 aliphatic carbocycles. The highest BCUT2D eigenvalue weighted by Crippen LogP contribution is 2.31. The molecular formula is C22H30N2O2. The maximum atomic E-state index is 8.92. The predicted molar refractivity (Wildman–Crippen MR) is 106 cm³/mol. The number of likely N-dealkylation sites (N-methyl/N-ethyl adjacent to an activating group) is 1. The lowest BCUT2D eigenvalue weighted by Gasteiger charge is -2.25. The number of aliphatic hydroxyl groups excluding tert-OH is 1. The van der Waals surface area contributed by atoms with Crippen molar-refractivity contribution in [3.05, 3.63) is 65.2 Å². The molecule has 2 atom stereocenters. The third-order valence-corrected chi connectivity index (χ3v) is 5.20. The van der Waals surface area contributed by atoms with E-state index in [-0.39, 0.29) is 6.61 Å².